The van der Waals surface area contributed by atoms with Crippen LogP contribution < -0.4 is 5.32 Å². The fourth-order valence-corrected chi connectivity index (χ4v) is 1.85. The first-order valence-corrected chi connectivity index (χ1v) is 6.27. The minimum absolute atomic E-state index is 0.142. The Kier molecular flexibility index (Phi) is 3.42. The number of benzene rings is 2. The van der Waals surface area contributed by atoms with Gasteiger partial charge in [-0.2, -0.15) is 4.98 Å². The number of amides is 1. The molecule has 0 saturated heterocycles. The molecule has 3 aromatic rings. The van der Waals surface area contributed by atoms with Crippen LogP contribution in [0.3, 0.4) is 0 Å². The smallest absolute Gasteiger partial charge is 0.258 e. The molecule has 0 saturated carbocycles. The van der Waals surface area contributed by atoms with E-state index in [4.69, 9.17) is 0 Å². The molecule has 0 aliphatic rings. The maximum absolute atomic E-state index is 13.1. The van der Waals surface area contributed by atoms with Gasteiger partial charge in [0.2, 0.25) is 5.95 Å². The summed E-state index contributed by atoms with van der Waals surface area (Å²) in [6, 6.07) is 14.8. The fraction of sp³-hybridized carbons (Fsp3) is 0. The Morgan fingerprint density at radius 1 is 1.10 bits per heavy atom. The zero-order valence-electron chi connectivity index (χ0n) is 10.9. The molecule has 0 bridgehead atoms. The van der Waals surface area contributed by atoms with Crippen molar-refractivity contribution in [3.8, 4) is 11.4 Å². The highest BCUT2D eigenvalue weighted by Gasteiger charge is 2.11. The molecule has 0 spiro atoms. The van der Waals surface area contributed by atoms with Gasteiger partial charge >= 0.3 is 0 Å². The van der Waals surface area contributed by atoms with Crippen molar-refractivity contribution in [2.24, 2.45) is 0 Å². The van der Waals surface area contributed by atoms with E-state index in [1.165, 1.54) is 18.2 Å². The summed E-state index contributed by atoms with van der Waals surface area (Å²) in [6.07, 6.45) is 0. The van der Waals surface area contributed by atoms with E-state index in [0.717, 1.165) is 11.6 Å². The highest BCUT2D eigenvalue weighted by Crippen LogP contribution is 2.15. The van der Waals surface area contributed by atoms with Crippen molar-refractivity contribution in [2.45, 2.75) is 0 Å². The second kappa shape index (κ2) is 5.54. The minimum Gasteiger partial charge on any atom is -0.289 e. The van der Waals surface area contributed by atoms with Crippen LogP contribution >= 0.6 is 0 Å². The molecule has 0 fully saturated rings. The van der Waals surface area contributed by atoms with Gasteiger partial charge in [-0.1, -0.05) is 36.4 Å². The zero-order valence-corrected chi connectivity index (χ0v) is 10.9. The Hall–Kier alpha value is -3.02. The number of carbonyl (C=O) groups excluding carboxylic acids is 1. The molecule has 104 valence electrons. The summed E-state index contributed by atoms with van der Waals surface area (Å²) in [5.41, 5.74) is 1.07. The van der Waals surface area contributed by atoms with Gasteiger partial charge in [0.15, 0.2) is 5.82 Å². The van der Waals surface area contributed by atoms with Crippen molar-refractivity contribution in [3.63, 3.8) is 0 Å². The molecule has 21 heavy (non-hydrogen) atoms. The maximum atomic E-state index is 13.1. The topological polar surface area (TPSA) is 70.7 Å². The van der Waals surface area contributed by atoms with Gasteiger partial charge < -0.3 is 0 Å². The Morgan fingerprint density at radius 3 is 2.67 bits per heavy atom. The van der Waals surface area contributed by atoms with Crippen molar-refractivity contribution in [1.82, 2.24) is 15.2 Å². The van der Waals surface area contributed by atoms with Gasteiger partial charge in [-0.05, 0) is 18.2 Å². The van der Waals surface area contributed by atoms with E-state index in [2.05, 4.69) is 20.5 Å². The van der Waals surface area contributed by atoms with E-state index in [9.17, 15) is 9.18 Å². The number of anilines is 1. The first-order valence-electron chi connectivity index (χ1n) is 6.27. The molecule has 3 rings (SSSR count). The largest absolute Gasteiger partial charge is 0.289 e. The number of halogens is 1. The third-order valence-electron chi connectivity index (χ3n) is 2.84. The number of carbonyl (C=O) groups is 1. The van der Waals surface area contributed by atoms with Crippen LogP contribution in [0.25, 0.3) is 11.4 Å². The average molecular weight is 282 g/mol. The summed E-state index contributed by atoms with van der Waals surface area (Å²) in [7, 11) is 0. The number of hydrogen-bond donors (Lipinski definition) is 2. The maximum Gasteiger partial charge on any atom is 0.258 e. The Morgan fingerprint density at radius 2 is 1.90 bits per heavy atom. The molecule has 2 N–H and O–H groups in total. The van der Waals surface area contributed by atoms with Gasteiger partial charge in [0.1, 0.15) is 5.82 Å². The van der Waals surface area contributed by atoms with E-state index in [1.807, 2.05) is 30.3 Å². The van der Waals surface area contributed by atoms with Crippen LogP contribution in [0.4, 0.5) is 10.3 Å². The molecule has 0 aliphatic carbocycles. The molecule has 1 heterocycles. The van der Waals surface area contributed by atoms with Crippen molar-refractivity contribution >= 4 is 11.9 Å². The quantitative estimate of drug-likeness (QED) is 0.776. The monoisotopic (exact) mass is 282 g/mol. The number of H-pyrrole nitrogens is 1. The zero-order chi connectivity index (χ0) is 14.7. The third-order valence-corrected chi connectivity index (χ3v) is 2.84. The SMILES string of the molecule is O=C(Nc1n[nH]c(-c2ccccc2)n1)c1cccc(F)c1. The highest BCUT2D eigenvalue weighted by molar-refractivity contribution is 6.03. The van der Waals surface area contributed by atoms with Crippen LogP contribution in [0.5, 0.6) is 0 Å². The molecule has 0 unspecified atom stereocenters. The normalized spacial score (nSPS) is 10.3. The Bertz CT molecular complexity index is 770. The van der Waals surface area contributed by atoms with Gasteiger partial charge in [0.05, 0.1) is 0 Å². The minimum atomic E-state index is -0.470. The summed E-state index contributed by atoms with van der Waals surface area (Å²) in [5, 5.41) is 9.18. The van der Waals surface area contributed by atoms with Crippen LogP contribution in [-0.4, -0.2) is 21.1 Å². The summed E-state index contributed by atoms with van der Waals surface area (Å²) < 4.78 is 13.1. The molecule has 0 radical (unpaired) electrons. The third kappa shape index (κ3) is 2.94. The van der Waals surface area contributed by atoms with Crippen molar-refractivity contribution < 1.29 is 9.18 Å². The summed E-state index contributed by atoms with van der Waals surface area (Å²) in [6.45, 7) is 0. The summed E-state index contributed by atoms with van der Waals surface area (Å²) in [4.78, 5) is 16.1. The molecule has 2 aromatic carbocycles. The lowest BCUT2D eigenvalue weighted by Crippen LogP contribution is -2.13. The number of hydrogen-bond acceptors (Lipinski definition) is 3. The van der Waals surface area contributed by atoms with Crippen LogP contribution in [0, 0.1) is 5.82 Å². The van der Waals surface area contributed by atoms with Gasteiger partial charge in [-0.25, -0.2) is 4.39 Å². The number of aromatic nitrogens is 3. The molecule has 0 aliphatic heterocycles. The summed E-state index contributed by atoms with van der Waals surface area (Å²) >= 11 is 0. The number of nitrogens with one attached hydrogen (secondary N) is 2. The first kappa shape index (κ1) is 13.0. The van der Waals surface area contributed by atoms with Crippen molar-refractivity contribution in [3.05, 3.63) is 66.0 Å². The lowest BCUT2D eigenvalue weighted by Gasteiger charge is -2.00. The van der Waals surface area contributed by atoms with Crippen molar-refractivity contribution in [1.29, 1.82) is 0 Å². The van der Waals surface area contributed by atoms with Gasteiger partial charge in [0, 0.05) is 11.1 Å². The molecular formula is C15H11FN4O. The van der Waals surface area contributed by atoms with Gasteiger partial charge in [0.25, 0.3) is 5.91 Å². The fourth-order valence-electron chi connectivity index (χ4n) is 1.85. The molecular weight excluding hydrogens is 271 g/mol. The van der Waals surface area contributed by atoms with E-state index < -0.39 is 11.7 Å². The predicted octanol–water partition coefficient (Wildman–Crippen LogP) is 2.86. The Labute approximate surface area is 119 Å². The summed E-state index contributed by atoms with van der Waals surface area (Å²) in [5.74, 6) is -0.246. The average Bonchev–Trinajstić information content (AvgIpc) is 2.97. The first-order chi connectivity index (χ1) is 10.2. The van der Waals surface area contributed by atoms with Crippen LogP contribution in [0.15, 0.2) is 54.6 Å². The molecule has 0 atom stereocenters. The van der Waals surface area contributed by atoms with Gasteiger partial charge in [-0.3, -0.25) is 15.2 Å². The van der Waals surface area contributed by atoms with Crippen LogP contribution in [0.2, 0.25) is 0 Å². The van der Waals surface area contributed by atoms with E-state index in [0.29, 0.717) is 5.82 Å². The number of aromatic amines is 1. The standard InChI is InChI=1S/C15H11FN4O/c16-12-8-4-7-11(9-12)14(21)18-15-17-13(19-20-15)10-5-2-1-3-6-10/h1-9H,(H2,17,18,19,20,21). The number of rotatable bonds is 3. The highest BCUT2D eigenvalue weighted by atomic mass is 19.1. The molecule has 1 amide bonds. The molecule has 5 nitrogen and oxygen atoms in total. The van der Waals surface area contributed by atoms with Crippen molar-refractivity contribution in [2.75, 3.05) is 5.32 Å². The Balaban J connectivity index is 1.77. The lowest BCUT2D eigenvalue weighted by atomic mass is 10.2. The second-order valence-electron chi connectivity index (χ2n) is 4.34. The number of nitrogens with zero attached hydrogens (tertiary/aromatic N) is 2. The van der Waals surface area contributed by atoms with Crippen LogP contribution in [0.1, 0.15) is 10.4 Å². The molecule has 6 heteroatoms. The van der Waals surface area contributed by atoms with Crippen LogP contribution in [-0.2, 0) is 0 Å². The van der Waals surface area contributed by atoms with E-state index in [1.54, 1.807) is 0 Å². The van der Waals surface area contributed by atoms with E-state index >= 15 is 0 Å². The second-order valence-corrected chi connectivity index (χ2v) is 4.34. The van der Waals surface area contributed by atoms with Gasteiger partial charge in [-0.15, -0.1) is 5.10 Å². The predicted molar refractivity (Wildman–Crippen MR) is 76.2 cm³/mol. The lowest BCUT2D eigenvalue weighted by molar-refractivity contribution is 0.102. The molecule has 1 aromatic heterocycles. The van der Waals surface area contributed by atoms with E-state index in [-0.39, 0.29) is 11.5 Å².